The lowest BCUT2D eigenvalue weighted by Gasteiger charge is -2.21. The molecule has 0 atom stereocenters. The summed E-state index contributed by atoms with van der Waals surface area (Å²) in [6, 6.07) is 2.00. The predicted octanol–water partition coefficient (Wildman–Crippen LogP) is 3.28. The summed E-state index contributed by atoms with van der Waals surface area (Å²) >= 11 is 0. The van der Waals surface area contributed by atoms with E-state index in [1.807, 2.05) is 0 Å². The molecule has 0 aliphatic heterocycles. The second-order valence-electron chi connectivity index (χ2n) is 5.19. The highest BCUT2D eigenvalue weighted by atomic mass is 19.1. The van der Waals surface area contributed by atoms with Gasteiger partial charge in [-0.3, -0.25) is 4.79 Å². The largest absolute Gasteiger partial charge is 0.491 e. The molecule has 5 heteroatoms. The van der Waals surface area contributed by atoms with Gasteiger partial charge in [0.1, 0.15) is 0 Å². The fraction of sp³-hybridized carbons (Fsp3) is 0.533. The number of rotatable bonds is 4. The van der Waals surface area contributed by atoms with Gasteiger partial charge in [-0.15, -0.1) is 0 Å². The van der Waals surface area contributed by atoms with Gasteiger partial charge in [0.15, 0.2) is 17.4 Å². The van der Waals surface area contributed by atoms with E-state index in [4.69, 9.17) is 0 Å². The second kappa shape index (κ2) is 6.68. The smallest absolute Gasteiger partial charge is 0.251 e. The van der Waals surface area contributed by atoms with E-state index < -0.39 is 23.3 Å². The van der Waals surface area contributed by atoms with Crippen LogP contribution >= 0.6 is 0 Å². The maximum absolute atomic E-state index is 13.5. The summed E-state index contributed by atoms with van der Waals surface area (Å²) in [7, 11) is 1.18. The zero-order chi connectivity index (χ0) is 14.5. The average molecular weight is 283 g/mol. The molecule has 0 radical (unpaired) electrons. The molecule has 3 nitrogen and oxygen atoms in total. The van der Waals surface area contributed by atoms with Gasteiger partial charge in [0.05, 0.1) is 7.11 Å². The van der Waals surface area contributed by atoms with E-state index in [0.717, 1.165) is 25.0 Å². The summed E-state index contributed by atoms with van der Waals surface area (Å²) in [5.41, 5.74) is -0.0170. The number of amides is 1. The average Bonchev–Trinajstić information content (AvgIpc) is 2.45. The first kappa shape index (κ1) is 14.8. The van der Waals surface area contributed by atoms with E-state index in [-0.39, 0.29) is 5.56 Å². The fourth-order valence-electron chi connectivity index (χ4n) is 2.62. The number of hydrogen-bond acceptors (Lipinski definition) is 2. The molecule has 1 aliphatic rings. The topological polar surface area (TPSA) is 38.3 Å². The zero-order valence-corrected chi connectivity index (χ0v) is 11.5. The lowest BCUT2D eigenvalue weighted by atomic mass is 9.89. The number of nitrogens with one attached hydrogen (secondary N) is 1. The third-order valence-corrected chi connectivity index (χ3v) is 3.74. The Labute approximate surface area is 117 Å². The zero-order valence-electron chi connectivity index (χ0n) is 11.5. The Balaban J connectivity index is 1.98. The first-order valence-corrected chi connectivity index (χ1v) is 6.93. The van der Waals surface area contributed by atoms with Gasteiger partial charge < -0.3 is 10.1 Å². The minimum Gasteiger partial charge on any atom is -0.491 e. The van der Waals surface area contributed by atoms with Crippen molar-refractivity contribution in [3.05, 3.63) is 29.3 Å². The van der Waals surface area contributed by atoms with Crippen molar-refractivity contribution in [2.45, 2.75) is 32.1 Å². The van der Waals surface area contributed by atoms with Gasteiger partial charge in [-0.25, -0.2) is 8.78 Å². The Morgan fingerprint density at radius 2 is 1.85 bits per heavy atom. The monoisotopic (exact) mass is 283 g/mol. The molecule has 1 aromatic rings. The van der Waals surface area contributed by atoms with Gasteiger partial charge in [0, 0.05) is 12.1 Å². The van der Waals surface area contributed by atoms with Crippen LogP contribution in [-0.4, -0.2) is 19.6 Å². The molecule has 2 rings (SSSR count). The number of halogens is 2. The standard InChI is InChI=1S/C15H19F2NO2/c1-20-14-12(16)7-11(8-13(14)17)15(19)18-9-10-5-3-2-4-6-10/h7-8,10H,2-6,9H2,1H3,(H,18,19). The maximum Gasteiger partial charge on any atom is 0.251 e. The normalized spacial score (nSPS) is 15.9. The Bertz CT molecular complexity index is 462. The first-order valence-electron chi connectivity index (χ1n) is 6.93. The molecule has 0 unspecified atom stereocenters. The molecule has 0 heterocycles. The second-order valence-corrected chi connectivity index (χ2v) is 5.19. The van der Waals surface area contributed by atoms with Gasteiger partial charge in [0.25, 0.3) is 5.91 Å². The van der Waals surface area contributed by atoms with Crippen LogP contribution in [0.15, 0.2) is 12.1 Å². The summed E-state index contributed by atoms with van der Waals surface area (Å²) in [5, 5.41) is 2.75. The Hall–Kier alpha value is -1.65. The Morgan fingerprint density at radius 3 is 2.40 bits per heavy atom. The first-order chi connectivity index (χ1) is 9.61. The lowest BCUT2D eigenvalue weighted by molar-refractivity contribution is 0.0942. The number of hydrogen-bond donors (Lipinski definition) is 1. The Kier molecular flexibility index (Phi) is 4.93. The third-order valence-electron chi connectivity index (χ3n) is 3.74. The number of methoxy groups -OCH3 is 1. The van der Waals surface area contributed by atoms with Crippen LogP contribution in [0.1, 0.15) is 42.5 Å². The SMILES string of the molecule is COc1c(F)cc(C(=O)NCC2CCCCC2)cc1F. The van der Waals surface area contributed by atoms with Crippen molar-refractivity contribution < 1.29 is 18.3 Å². The molecule has 0 aromatic heterocycles. The molecule has 1 N–H and O–H groups in total. The summed E-state index contributed by atoms with van der Waals surface area (Å²) in [4.78, 5) is 11.9. The van der Waals surface area contributed by atoms with Gasteiger partial charge in [0.2, 0.25) is 0 Å². The van der Waals surface area contributed by atoms with Crippen LogP contribution in [0.5, 0.6) is 5.75 Å². The molecule has 1 aliphatic carbocycles. The molecule has 0 spiro atoms. The van der Waals surface area contributed by atoms with Crippen LogP contribution in [0.3, 0.4) is 0 Å². The molecule has 1 aromatic carbocycles. The maximum atomic E-state index is 13.5. The molecule has 1 amide bonds. The lowest BCUT2D eigenvalue weighted by Crippen LogP contribution is -2.30. The number of ether oxygens (including phenoxy) is 1. The van der Waals surface area contributed by atoms with E-state index >= 15 is 0 Å². The van der Waals surface area contributed by atoms with Crippen molar-refractivity contribution in [2.24, 2.45) is 5.92 Å². The van der Waals surface area contributed by atoms with E-state index in [0.29, 0.717) is 12.5 Å². The van der Waals surface area contributed by atoms with Gasteiger partial charge in [-0.05, 0) is 30.9 Å². The molecule has 1 fully saturated rings. The van der Waals surface area contributed by atoms with Gasteiger partial charge in [-0.2, -0.15) is 0 Å². The highest BCUT2D eigenvalue weighted by Gasteiger charge is 2.18. The van der Waals surface area contributed by atoms with Crippen LogP contribution in [0.4, 0.5) is 8.78 Å². The minimum absolute atomic E-state index is 0.0170. The van der Waals surface area contributed by atoms with Crippen molar-refractivity contribution >= 4 is 5.91 Å². The van der Waals surface area contributed by atoms with Crippen molar-refractivity contribution in [2.75, 3.05) is 13.7 Å². The molecular weight excluding hydrogens is 264 g/mol. The predicted molar refractivity (Wildman–Crippen MR) is 71.8 cm³/mol. The molecule has 0 saturated heterocycles. The molecule has 110 valence electrons. The van der Waals surface area contributed by atoms with Crippen molar-refractivity contribution in [1.29, 1.82) is 0 Å². The van der Waals surface area contributed by atoms with Crippen molar-refractivity contribution in [3.63, 3.8) is 0 Å². The van der Waals surface area contributed by atoms with Crippen molar-refractivity contribution in [1.82, 2.24) is 5.32 Å². The number of carbonyl (C=O) groups excluding carboxylic acids is 1. The van der Waals surface area contributed by atoms with Crippen LogP contribution in [0.2, 0.25) is 0 Å². The van der Waals surface area contributed by atoms with E-state index in [9.17, 15) is 13.6 Å². The Morgan fingerprint density at radius 1 is 1.25 bits per heavy atom. The quantitative estimate of drug-likeness (QED) is 0.921. The van der Waals surface area contributed by atoms with Crippen LogP contribution in [0, 0.1) is 17.6 Å². The summed E-state index contributed by atoms with van der Waals surface area (Å²) < 4.78 is 31.6. The summed E-state index contributed by atoms with van der Waals surface area (Å²) in [6.07, 6.45) is 5.83. The van der Waals surface area contributed by atoms with Crippen LogP contribution < -0.4 is 10.1 Å². The van der Waals surface area contributed by atoms with Crippen molar-refractivity contribution in [3.8, 4) is 5.75 Å². The van der Waals surface area contributed by atoms with Gasteiger partial charge >= 0.3 is 0 Å². The summed E-state index contributed by atoms with van der Waals surface area (Å²) in [5.74, 6) is -2.17. The highest BCUT2D eigenvalue weighted by Crippen LogP contribution is 2.24. The van der Waals surface area contributed by atoms with E-state index in [1.54, 1.807) is 0 Å². The minimum atomic E-state index is -0.865. The summed E-state index contributed by atoms with van der Waals surface area (Å²) in [6.45, 7) is 0.564. The fourth-order valence-corrected chi connectivity index (χ4v) is 2.62. The molecule has 1 saturated carbocycles. The van der Waals surface area contributed by atoms with Crippen LogP contribution in [-0.2, 0) is 0 Å². The number of benzene rings is 1. The van der Waals surface area contributed by atoms with Crippen LogP contribution in [0.25, 0.3) is 0 Å². The molecular formula is C15H19F2NO2. The number of carbonyl (C=O) groups is 1. The van der Waals surface area contributed by atoms with E-state index in [1.165, 1.54) is 26.4 Å². The third kappa shape index (κ3) is 3.46. The highest BCUT2D eigenvalue weighted by molar-refractivity contribution is 5.94. The van der Waals surface area contributed by atoms with Gasteiger partial charge in [-0.1, -0.05) is 19.3 Å². The van der Waals surface area contributed by atoms with E-state index in [2.05, 4.69) is 10.1 Å². The molecule has 20 heavy (non-hydrogen) atoms. The molecule has 0 bridgehead atoms.